The molecule has 2 N–H and O–H groups in total. The molecule has 4 rings (SSSR count). The average Bonchev–Trinajstić information content (AvgIpc) is 2.78. The molecule has 0 aromatic heterocycles. The molecule has 174 valence electrons. The third kappa shape index (κ3) is 5.48. The first-order valence-corrected chi connectivity index (χ1v) is 10.3. The molecule has 9 heteroatoms. The molecule has 0 radical (unpaired) electrons. The molecule has 0 atom stereocenters. The lowest BCUT2D eigenvalue weighted by molar-refractivity contribution is -0.139. The number of carbonyl (C=O) groups is 1. The highest BCUT2D eigenvalue weighted by Crippen LogP contribution is 2.36. The smallest absolute Gasteiger partial charge is 0.419 e. The number of phenolic OH excluding ortho intramolecular Hbond substituents is 1. The van der Waals surface area contributed by atoms with E-state index >= 15 is 0 Å². The molecular formula is C24H22F3NO5. The number of carboxylic acid groups (broad SMARTS) is 1. The molecular weight excluding hydrogens is 439 g/mol. The van der Waals surface area contributed by atoms with Crippen LogP contribution in [0.5, 0.6) is 17.2 Å². The molecule has 6 nitrogen and oxygen atoms in total. The van der Waals surface area contributed by atoms with E-state index in [1.807, 2.05) is 12.1 Å². The fourth-order valence-corrected chi connectivity index (χ4v) is 3.78. The van der Waals surface area contributed by atoms with E-state index in [4.69, 9.17) is 14.6 Å². The monoisotopic (exact) mass is 461 g/mol. The number of ether oxygens (including phenoxy) is 2. The summed E-state index contributed by atoms with van der Waals surface area (Å²) in [6.07, 6.45) is -0.382. The number of hydrogen-bond donors (Lipinski definition) is 2. The lowest BCUT2D eigenvalue weighted by Crippen LogP contribution is -2.33. The minimum absolute atomic E-state index is 0.0932. The molecule has 0 aliphatic carbocycles. The molecule has 2 heterocycles. The van der Waals surface area contributed by atoms with Crippen molar-refractivity contribution < 1.29 is 37.7 Å². The number of carboxylic acids is 1. The average molecular weight is 461 g/mol. The number of alkyl halides is 3. The summed E-state index contributed by atoms with van der Waals surface area (Å²) in [5.74, 6) is -0.619. The predicted octanol–water partition coefficient (Wildman–Crippen LogP) is 4.48. The number of benzene rings is 2. The molecule has 0 bridgehead atoms. The predicted molar refractivity (Wildman–Crippen MR) is 114 cm³/mol. The van der Waals surface area contributed by atoms with Gasteiger partial charge in [0.1, 0.15) is 30.5 Å². The van der Waals surface area contributed by atoms with Crippen molar-refractivity contribution in [3.05, 3.63) is 70.3 Å². The normalized spacial score (nSPS) is 16.3. The Balaban J connectivity index is 1.38. The number of fused-ring (bicyclic) bond motifs is 1. The maximum Gasteiger partial charge on any atom is 0.419 e. The van der Waals surface area contributed by atoms with Crippen molar-refractivity contribution in [2.24, 2.45) is 0 Å². The highest BCUT2D eigenvalue weighted by atomic mass is 19.4. The van der Waals surface area contributed by atoms with E-state index in [-0.39, 0.29) is 12.2 Å². The number of aromatic hydroxyl groups is 1. The number of halogens is 3. The Labute approximate surface area is 188 Å². The van der Waals surface area contributed by atoms with Crippen molar-refractivity contribution >= 4 is 12.0 Å². The second kappa shape index (κ2) is 9.19. The Morgan fingerprint density at radius 3 is 2.70 bits per heavy atom. The number of rotatable bonds is 6. The lowest BCUT2D eigenvalue weighted by Gasteiger charge is -2.27. The van der Waals surface area contributed by atoms with Crippen LogP contribution in [-0.2, 0) is 17.6 Å². The summed E-state index contributed by atoms with van der Waals surface area (Å²) < 4.78 is 50.3. The molecule has 0 amide bonds. The van der Waals surface area contributed by atoms with Crippen LogP contribution in [0.15, 0.2) is 53.6 Å². The number of aliphatic carboxylic acids is 1. The fourth-order valence-electron chi connectivity index (χ4n) is 3.78. The van der Waals surface area contributed by atoms with Gasteiger partial charge in [0.25, 0.3) is 0 Å². The van der Waals surface area contributed by atoms with Crippen molar-refractivity contribution in [1.29, 1.82) is 0 Å². The molecule has 0 spiro atoms. The molecule has 2 aromatic carbocycles. The zero-order valence-electron chi connectivity index (χ0n) is 17.6. The summed E-state index contributed by atoms with van der Waals surface area (Å²) in [7, 11) is 0. The molecule has 0 saturated carbocycles. The second-order valence-electron chi connectivity index (χ2n) is 7.95. The van der Waals surface area contributed by atoms with E-state index < -0.39 is 23.5 Å². The second-order valence-corrected chi connectivity index (χ2v) is 7.95. The van der Waals surface area contributed by atoms with Crippen molar-refractivity contribution in [2.45, 2.75) is 19.2 Å². The summed E-state index contributed by atoms with van der Waals surface area (Å²) in [5, 5.41) is 18.5. The molecule has 2 aliphatic heterocycles. The van der Waals surface area contributed by atoms with Gasteiger partial charge >= 0.3 is 12.1 Å². The van der Waals surface area contributed by atoms with E-state index in [2.05, 4.69) is 4.90 Å². The molecule has 2 aromatic rings. The van der Waals surface area contributed by atoms with E-state index in [9.17, 15) is 23.1 Å². The first kappa shape index (κ1) is 22.7. The topological polar surface area (TPSA) is 79.2 Å². The third-order valence-electron chi connectivity index (χ3n) is 5.52. The van der Waals surface area contributed by atoms with Crippen LogP contribution in [0.2, 0.25) is 0 Å². The van der Waals surface area contributed by atoms with Gasteiger partial charge in [-0.15, -0.1) is 0 Å². The highest BCUT2D eigenvalue weighted by molar-refractivity contribution is 5.86. The van der Waals surface area contributed by atoms with Crippen LogP contribution in [-0.4, -0.2) is 47.3 Å². The first-order chi connectivity index (χ1) is 15.7. The van der Waals surface area contributed by atoms with Crippen molar-refractivity contribution in [3.8, 4) is 17.2 Å². The fraction of sp³-hybridized carbons (Fsp3) is 0.292. The van der Waals surface area contributed by atoms with Gasteiger partial charge in [0.15, 0.2) is 0 Å². The van der Waals surface area contributed by atoms with Crippen LogP contribution in [0.1, 0.15) is 23.1 Å². The molecule has 2 aliphatic rings. The van der Waals surface area contributed by atoms with Gasteiger partial charge in [0.2, 0.25) is 0 Å². The Morgan fingerprint density at radius 2 is 2.00 bits per heavy atom. The zero-order chi connectivity index (χ0) is 23.6. The number of phenols is 1. The summed E-state index contributed by atoms with van der Waals surface area (Å²) in [6, 6.07) is 8.48. The Kier molecular flexibility index (Phi) is 6.33. The summed E-state index contributed by atoms with van der Waals surface area (Å²) in [4.78, 5) is 13.2. The quantitative estimate of drug-likeness (QED) is 0.661. The maximum atomic E-state index is 13.0. The Bertz CT molecular complexity index is 1120. The summed E-state index contributed by atoms with van der Waals surface area (Å²) >= 11 is 0. The van der Waals surface area contributed by atoms with Crippen LogP contribution in [0.3, 0.4) is 0 Å². The van der Waals surface area contributed by atoms with E-state index in [0.29, 0.717) is 49.7 Å². The van der Waals surface area contributed by atoms with Gasteiger partial charge in [-0.2, -0.15) is 13.2 Å². The number of nitrogens with zero attached hydrogens (tertiary/aromatic N) is 1. The van der Waals surface area contributed by atoms with E-state index in [1.165, 1.54) is 6.07 Å². The Hall–Kier alpha value is -3.46. The SMILES string of the molecule is O=C(O)C1=CCN(CC2=Cc3ccc(OCc4ccc(O)c(C(F)(F)F)c4)cc3OC2)CC1. The minimum Gasteiger partial charge on any atom is -0.507 e. The minimum atomic E-state index is -4.65. The van der Waals surface area contributed by atoms with E-state index in [1.54, 1.807) is 18.2 Å². The highest BCUT2D eigenvalue weighted by Gasteiger charge is 2.34. The van der Waals surface area contributed by atoms with Gasteiger partial charge < -0.3 is 19.7 Å². The van der Waals surface area contributed by atoms with Crippen LogP contribution < -0.4 is 9.47 Å². The van der Waals surface area contributed by atoms with Crippen LogP contribution in [0.25, 0.3) is 6.08 Å². The molecule has 33 heavy (non-hydrogen) atoms. The first-order valence-electron chi connectivity index (χ1n) is 10.3. The van der Waals surface area contributed by atoms with Crippen molar-refractivity contribution in [3.63, 3.8) is 0 Å². The van der Waals surface area contributed by atoms with Gasteiger partial charge in [-0.25, -0.2) is 4.79 Å². The standard InChI is InChI=1S/C24H22F3NO5/c25-24(26,27)20-10-15(1-4-21(20)29)13-32-19-3-2-18-9-16(14-33-22(18)11-19)12-28-7-5-17(6-8-28)23(30)31/h1-5,9-11,29H,6-8,12-14H2,(H,30,31). The molecule has 0 fully saturated rings. The lowest BCUT2D eigenvalue weighted by atomic mass is 10.0. The van der Waals surface area contributed by atoms with Crippen LogP contribution >= 0.6 is 0 Å². The largest absolute Gasteiger partial charge is 0.507 e. The zero-order valence-corrected chi connectivity index (χ0v) is 17.6. The van der Waals surface area contributed by atoms with Gasteiger partial charge in [-0.05, 0) is 47.9 Å². The van der Waals surface area contributed by atoms with Crippen molar-refractivity contribution in [1.82, 2.24) is 4.90 Å². The van der Waals surface area contributed by atoms with Gasteiger partial charge in [-0.3, -0.25) is 4.90 Å². The summed E-state index contributed by atoms with van der Waals surface area (Å²) in [5.41, 5.74) is 1.56. The van der Waals surface area contributed by atoms with Gasteiger partial charge in [-0.1, -0.05) is 12.1 Å². The summed E-state index contributed by atoms with van der Waals surface area (Å²) in [6.45, 7) is 2.21. The maximum absolute atomic E-state index is 13.0. The third-order valence-corrected chi connectivity index (χ3v) is 5.52. The number of hydrogen-bond acceptors (Lipinski definition) is 5. The van der Waals surface area contributed by atoms with Gasteiger partial charge in [0, 0.05) is 36.8 Å². The van der Waals surface area contributed by atoms with Gasteiger partial charge in [0.05, 0.1) is 5.56 Å². The van der Waals surface area contributed by atoms with E-state index in [0.717, 1.165) is 23.3 Å². The Morgan fingerprint density at radius 1 is 1.18 bits per heavy atom. The molecule has 0 saturated heterocycles. The van der Waals surface area contributed by atoms with Crippen molar-refractivity contribution in [2.75, 3.05) is 26.2 Å². The molecule has 0 unspecified atom stereocenters. The van der Waals surface area contributed by atoms with Crippen LogP contribution in [0, 0.1) is 0 Å². The van der Waals surface area contributed by atoms with Crippen LogP contribution in [0.4, 0.5) is 13.2 Å².